The van der Waals surface area contributed by atoms with Crippen molar-refractivity contribution < 1.29 is 83.5 Å². The Morgan fingerprint density at radius 2 is 1.46 bits per heavy atom. The fourth-order valence-corrected chi connectivity index (χ4v) is 10.2. The maximum absolute atomic E-state index is 14.5. The van der Waals surface area contributed by atoms with Gasteiger partial charge < -0.3 is 88.5 Å². The fourth-order valence-electron chi connectivity index (χ4n) is 10.2. The maximum atomic E-state index is 14.5. The number of likely N-dealkylation sites (N-methyl/N-ethyl adjacent to an activating group) is 2. The Morgan fingerprint density at radius 3 is 2.03 bits per heavy atom. The van der Waals surface area contributed by atoms with Gasteiger partial charge >= 0.3 is 5.97 Å². The zero-order valence-corrected chi connectivity index (χ0v) is 39.9. The van der Waals surface area contributed by atoms with Crippen molar-refractivity contribution in [1.29, 1.82) is 0 Å². The van der Waals surface area contributed by atoms with Gasteiger partial charge in [0.25, 0.3) is 0 Å². The Balaban J connectivity index is 1.87. The second-order valence-corrected chi connectivity index (χ2v) is 20.0. The third kappa shape index (κ3) is 12.1. The summed E-state index contributed by atoms with van der Waals surface area (Å²) in [7, 11) is 6.94. The lowest BCUT2D eigenvalue weighted by atomic mass is 9.77. The first-order valence-corrected chi connectivity index (χ1v) is 22.7. The molecule has 4 saturated heterocycles. The number of carbonyl (C=O) groups excluding carboxylic acids is 1. The highest BCUT2D eigenvalue weighted by atomic mass is 16.8. The van der Waals surface area contributed by atoms with E-state index >= 15 is 0 Å². The lowest BCUT2D eigenvalue weighted by molar-refractivity contribution is -0.362. The predicted molar refractivity (Wildman–Crippen MR) is 227 cm³/mol. The van der Waals surface area contributed by atoms with Gasteiger partial charge in [-0.05, 0) is 94.8 Å². The lowest BCUT2D eigenvalue weighted by Crippen LogP contribution is -2.64. The van der Waals surface area contributed by atoms with Crippen LogP contribution in [0.4, 0.5) is 0 Å². The molecule has 0 radical (unpaired) electrons. The van der Waals surface area contributed by atoms with Gasteiger partial charge in [-0.15, -0.1) is 0 Å². The second-order valence-electron chi connectivity index (χ2n) is 20.0. The van der Waals surface area contributed by atoms with Crippen LogP contribution in [0.2, 0.25) is 0 Å². The first kappa shape index (κ1) is 54.4. The third-order valence-corrected chi connectivity index (χ3v) is 14.3. The van der Waals surface area contributed by atoms with Gasteiger partial charge in [-0.2, -0.15) is 0 Å². The number of esters is 1. The molecule has 0 amide bonds. The van der Waals surface area contributed by atoms with Crippen molar-refractivity contribution in [2.45, 2.75) is 216 Å². The summed E-state index contributed by atoms with van der Waals surface area (Å²) in [5.41, 5.74) is -4.68. The molecule has 4 heterocycles. The quantitative estimate of drug-likeness (QED) is 0.131. The molecule has 4 rings (SSSR count). The molecule has 0 spiro atoms. The van der Waals surface area contributed by atoms with Crippen molar-refractivity contribution in [3.63, 3.8) is 0 Å². The summed E-state index contributed by atoms with van der Waals surface area (Å²) in [5, 5.41) is 89.6. The lowest BCUT2D eigenvalue weighted by Gasteiger charge is -2.50. The highest BCUT2D eigenvalue weighted by Gasteiger charge is 2.54. The monoisotopic (exact) mass is 911 g/mol. The van der Waals surface area contributed by atoms with Gasteiger partial charge in [0.05, 0.1) is 48.1 Å². The van der Waals surface area contributed by atoms with Crippen molar-refractivity contribution in [1.82, 2.24) is 9.80 Å². The Bertz CT molecular complexity index is 1440. The van der Waals surface area contributed by atoms with Crippen LogP contribution in [0.25, 0.3) is 0 Å². The average Bonchev–Trinajstić information content (AvgIpc) is 3.21. The molecule has 0 aromatic rings. The zero-order chi connectivity index (χ0) is 47.7. The molecule has 4 aliphatic rings. The molecular weight excluding hydrogens is 828 g/mol. The van der Waals surface area contributed by atoms with Crippen LogP contribution in [0.3, 0.4) is 0 Å². The average molecular weight is 911 g/mol. The van der Waals surface area contributed by atoms with Crippen LogP contribution in [0.5, 0.6) is 0 Å². The first-order valence-electron chi connectivity index (χ1n) is 22.7. The topological polar surface area (TPSA) is 259 Å². The zero-order valence-electron chi connectivity index (χ0n) is 39.9. The summed E-state index contributed by atoms with van der Waals surface area (Å²) in [6.07, 6.45) is -17.5. The number of ether oxygens (including phenoxy) is 8. The molecule has 0 aromatic carbocycles. The molecule has 0 bridgehead atoms. The van der Waals surface area contributed by atoms with Gasteiger partial charge in [-0.1, -0.05) is 20.8 Å². The van der Waals surface area contributed by atoms with Crippen LogP contribution in [0, 0.1) is 17.8 Å². The number of nitrogens with zero attached hydrogens (tertiary/aromatic N) is 2. The summed E-state index contributed by atoms with van der Waals surface area (Å²) >= 11 is 0. The predicted octanol–water partition coefficient (Wildman–Crippen LogP) is -0.275. The molecule has 19 heteroatoms. The van der Waals surface area contributed by atoms with Crippen LogP contribution >= 0.6 is 0 Å². The number of aliphatic hydroxyl groups excluding tert-OH is 6. The highest BCUT2D eigenvalue weighted by Crippen LogP contribution is 2.41. The van der Waals surface area contributed by atoms with E-state index in [9.17, 15) is 45.6 Å². The van der Waals surface area contributed by atoms with E-state index in [1.165, 1.54) is 14.0 Å². The van der Waals surface area contributed by atoms with Crippen molar-refractivity contribution in [3.05, 3.63) is 0 Å². The number of methoxy groups -OCH3 is 1. The van der Waals surface area contributed by atoms with Crippen LogP contribution in [-0.4, -0.2) is 219 Å². The van der Waals surface area contributed by atoms with Gasteiger partial charge in [0.2, 0.25) is 0 Å². The molecule has 0 aromatic heterocycles. The summed E-state index contributed by atoms with van der Waals surface area (Å²) in [5.74, 6) is -3.02. The minimum Gasteiger partial charge on any atom is -0.459 e. The maximum Gasteiger partial charge on any atom is 0.311 e. The number of aliphatic hydroxyl groups is 8. The van der Waals surface area contributed by atoms with Gasteiger partial charge in [-0.3, -0.25) is 4.79 Å². The molecule has 1 unspecified atom stereocenters. The van der Waals surface area contributed by atoms with E-state index in [0.717, 1.165) is 0 Å². The number of cyclic esters (lactones) is 1. The van der Waals surface area contributed by atoms with Crippen molar-refractivity contribution >= 4 is 5.97 Å². The summed E-state index contributed by atoms with van der Waals surface area (Å²) < 4.78 is 50.6. The summed E-state index contributed by atoms with van der Waals surface area (Å²) in [6.45, 7) is 16.9. The van der Waals surface area contributed by atoms with Gasteiger partial charge in [0.1, 0.15) is 54.4 Å². The molecule has 19 nitrogen and oxygen atoms in total. The highest BCUT2D eigenvalue weighted by molar-refractivity contribution is 5.73. The number of carbonyl (C=O) groups is 1. The summed E-state index contributed by atoms with van der Waals surface area (Å²) in [6, 6.07) is -1.06. The van der Waals surface area contributed by atoms with E-state index in [4.69, 9.17) is 37.9 Å². The fraction of sp³-hybridized carbons (Fsp3) is 0.977. The van der Waals surface area contributed by atoms with Gasteiger partial charge in [0.15, 0.2) is 18.9 Å². The second kappa shape index (κ2) is 21.8. The van der Waals surface area contributed by atoms with E-state index < -0.39 is 145 Å². The van der Waals surface area contributed by atoms with E-state index in [1.807, 2.05) is 37.7 Å². The Kier molecular flexibility index (Phi) is 18.8. The van der Waals surface area contributed by atoms with Crippen LogP contribution in [0.1, 0.15) is 94.9 Å². The molecule has 23 atom stereocenters. The third-order valence-electron chi connectivity index (χ3n) is 14.3. The van der Waals surface area contributed by atoms with Crippen molar-refractivity contribution in [2.75, 3.05) is 41.4 Å². The minimum absolute atomic E-state index is 0.0600. The molecule has 63 heavy (non-hydrogen) atoms. The molecular formula is C44H82N2O17. The first-order chi connectivity index (χ1) is 29.1. The van der Waals surface area contributed by atoms with Crippen LogP contribution in [-0.2, 0) is 42.7 Å². The molecule has 0 aliphatic carbocycles. The van der Waals surface area contributed by atoms with E-state index in [2.05, 4.69) is 0 Å². The summed E-state index contributed by atoms with van der Waals surface area (Å²) in [4.78, 5) is 18.2. The van der Waals surface area contributed by atoms with E-state index in [-0.39, 0.29) is 25.2 Å². The number of hydrogen-bond acceptors (Lipinski definition) is 19. The normalized spacial score (nSPS) is 50.4. The molecule has 8 N–H and O–H groups in total. The number of hydrogen-bond donors (Lipinski definition) is 8. The molecule has 4 fully saturated rings. The molecule has 0 saturated carbocycles. The van der Waals surface area contributed by atoms with Crippen molar-refractivity contribution in [2.24, 2.45) is 17.8 Å². The SMILES string of the molecule is CCC1OC(=O)[C@H](C)[C@@H](O[C@H]2C[C@@](C)(OC)[C@@H](O)[C@H](C)O2)[C@H](C)[C@@H](O[C@@H]2O[C@H](C)C[C@H](N(C)C)[C@H]2O[C@@H]2O[C@H](CO)[C@@H](O)[C@H](O)[C@H]2O)[C@](C)(O)C[C@@H](C)CN(C)[C@H](C)[C@@H](O)[C@]1(C)O. The Labute approximate surface area is 373 Å². The number of rotatable bonds is 10. The Hall–Kier alpha value is -1.21. The molecule has 4 aliphatic heterocycles. The smallest absolute Gasteiger partial charge is 0.311 e. The molecule has 370 valence electrons. The van der Waals surface area contributed by atoms with Crippen molar-refractivity contribution in [3.8, 4) is 0 Å². The Morgan fingerprint density at radius 1 is 0.825 bits per heavy atom. The van der Waals surface area contributed by atoms with Gasteiger partial charge in [0, 0.05) is 38.1 Å². The minimum atomic E-state index is -1.87. The largest absolute Gasteiger partial charge is 0.459 e. The van der Waals surface area contributed by atoms with Crippen LogP contribution in [0.15, 0.2) is 0 Å². The standard InChI is InChI=1S/C44H82N2O17/c1-15-29-44(10,55)36(51)25(6)46(13)19-21(2)17-42(8,54)38(23(4)34(24(5)39(53)60-29)61-30-18-43(9,56-14)37(52)26(7)58-30)63-41-35(27(45(11)12)16-22(3)57-41)62-40-33(50)32(49)31(48)28(20-47)59-40/h21-38,40-41,47-52,54-55H,15-20H2,1-14H3/t21-,22-,23+,24-,25-,26+,27+,28-,29?,30+,31-,32+,33-,34+,35-,36-,37+,38-,40+,41+,42-,43-,44-/m1/s1. The van der Waals surface area contributed by atoms with Gasteiger partial charge in [-0.25, -0.2) is 0 Å². The van der Waals surface area contributed by atoms with E-state index in [1.54, 1.807) is 55.5 Å². The van der Waals surface area contributed by atoms with Crippen LogP contribution < -0.4 is 0 Å². The van der Waals surface area contributed by atoms with E-state index in [0.29, 0.717) is 13.0 Å².